The number of likely N-dealkylation sites (tertiary alicyclic amines) is 1. The Morgan fingerprint density at radius 3 is 2.56 bits per heavy atom. The van der Waals surface area contributed by atoms with Gasteiger partial charge in [0.25, 0.3) is 0 Å². The second-order valence-corrected chi connectivity index (χ2v) is 12.4. The van der Waals surface area contributed by atoms with E-state index in [2.05, 4.69) is 5.32 Å². The lowest BCUT2D eigenvalue weighted by atomic mass is 9.77. The maximum atomic E-state index is 14.7. The Morgan fingerprint density at radius 2 is 1.81 bits per heavy atom. The lowest BCUT2D eigenvalue weighted by Gasteiger charge is -2.41. The normalized spacial score (nSPS) is 35.1. The number of aliphatic hydroxyl groups excluding tert-OH is 1. The van der Waals surface area contributed by atoms with Gasteiger partial charge in [0.05, 0.1) is 31.2 Å². The fourth-order valence-electron chi connectivity index (χ4n) is 7.71. The predicted molar refractivity (Wildman–Crippen MR) is 156 cm³/mol. The van der Waals surface area contributed by atoms with E-state index in [4.69, 9.17) is 9.47 Å². The number of fused-ring (bicyclic) bond motifs is 2. The second-order valence-electron chi connectivity index (χ2n) is 12.4. The molecule has 1 aromatic carbocycles. The number of cyclic esters (lactones) is 1. The lowest BCUT2D eigenvalue weighted by Crippen LogP contribution is -2.58. The van der Waals surface area contributed by atoms with Gasteiger partial charge in [-0.1, -0.05) is 73.9 Å². The molecule has 1 spiro atoms. The van der Waals surface area contributed by atoms with Crippen LogP contribution in [0.25, 0.3) is 0 Å². The Kier molecular flexibility index (Phi) is 8.42. The number of nitrogens with zero attached hydrogens (tertiary/aromatic N) is 2. The van der Waals surface area contributed by atoms with Gasteiger partial charge < -0.3 is 29.7 Å². The van der Waals surface area contributed by atoms with Gasteiger partial charge in [0.15, 0.2) is 0 Å². The summed E-state index contributed by atoms with van der Waals surface area (Å²) in [6, 6.07) is 7.35. The van der Waals surface area contributed by atoms with Crippen LogP contribution in [0.2, 0.25) is 0 Å². The highest BCUT2D eigenvalue weighted by atomic mass is 16.6. The summed E-state index contributed by atoms with van der Waals surface area (Å²) in [6.07, 6.45) is 11.5. The minimum atomic E-state index is -1.43. The minimum Gasteiger partial charge on any atom is -0.460 e. The van der Waals surface area contributed by atoms with E-state index < -0.39 is 60.2 Å². The SMILES string of the molecule is C[C@@H]1CNC(=O)CC/C=C\[C@H]2O[C@]34C=CCN(C5CCCCC5)C(=O)[C@H]3N([C@H](CO)c3ccccc3)C(=O)[C@@H]4[C@H]2C(=O)O1. The van der Waals surface area contributed by atoms with E-state index in [1.807, 2.05) is 47.4 Å². The first-order valence-electron chi connectivity index (χ1n) is 15.6. The third-order valence-corrected chi connectivity index (χ3v) is 9.71. The van der Waals surface area contributed by atoms with Gasteiger partial charge in [-0.25, -0.2) is 0 Å². The molecule has 1 saturated carbocycles. The van der Waals surface area contributed by atoms with E-state index in [1.54, 1.807) is 19.1 Å². The van der Waals surface area contributed by atoms with Crippen molar-refractivity contribution in [1.82, 2.24) is 15.1 Å². The molecule has 0 radical (unpaired) electrons. The molecule has 230 valence electrons. The van der Waals surface area contributed by atoms with Gasteiger partial charge in [0.2, 0.25) is 17.7 Å². The molecule has 10 nitrogen and oxygen atoms in total. The molecule has 0 aromatic heterocycles. The molecule has 0 unspecified atom stereocenters. The number of carbonyl (C=O) groups is 4. The number of hydrogen-bond acceptors (Lipinski definition) is 7. The quantitative estimate of drug-likeness (QED) is 0.407. The molecule has 0 bridgehead atoms. The molecule has 4 aliphatic heterocycles. The molecule has 4 heterocycles. The topological polar surface area (TPSA) is 125 Å². The number of carbonyl (C=O) groups excluding carboxylic acids is 4. The smallest absolute Gasteiger partial charge is 0.313 e. The Hall–Kier alpha value is -3.50. The van der Waals surface area contributed by atoms with Crippen molar-refractivity contribution in [3.63, 3.8) is 0 Å². The van der Waals surface area contributed by atoms with Gasteiger partial charge in [-0.3, -0.25) is 19.2 Å². The van der Waals surface area contributed by atoms with Gasteiger partial charge in [0.1, 0.15) is 23.7 Å². The van der Waals surface area contributed by atoms with Crippen molar-refractivity contribution in [3.8, 4) is 0 Å². The van der Waals surface area contributed by atoms with Gasteiger partial charge in [-0.05, 0) is 31.7 Å². The maximum absolute atomic E-state index is 14.7. The number of esters is 1. The van der Waals surface area contributed by atoms with Gasteiger partial charge in [-0.2, -0.15) is 0 Å². The molecule has 10 heteroatoms. The zero-order valence-corrected chi connectivity index (χ0v) is 24.6. The summed E-state index contributed by atoms with van der Waals surface area (Å²) < 4.78 is 12.6. The first-order chi connectivity index (χ1) is 20.9. The van der Waals surface area contributed by atoms with Crippen LogP contribution in [0.15, 0.2) is 54.6 Å². The highest BCUT2D eigenvalue weighted by Crippen LogP contribution is 2.55. The van der Waals surface area contributed by atoms with E-state index in [0.717, 1.165) is 32.1 Å². The van der Waals surface area contributed by atoms with Crippen LogP contribution in [-0.2, 0) is 28.7 Å². The first kappa shape index (κ1) is 29.6. The largest absolute Gasteiger partial charge is 0.460 e. The summed E-state index contributed by atoms with van der Waals surface area (Å²) in [4.78, 5) is 58.9. The van der Waals surface area contributed by atoms with Crippen LogP contribution in [0.3, 0.4) is 0 Å². The second kappa shape index (κ2) is 12.2. The number of allylic oxidation sites excluding steroid dienone is 1. The highest BCUT2D eigenvalue weighted by molar-refractivity contribution is 5.99. The van der Waals surface area contributed by atoms with Gasteiger partial charge in [-0.15, -0.1) is 0 Å². The summed E-state index contributed by atoms with van der Waals surface area (Å²) in [5.74, 6) is -3.43. The van der Waals surface area contributed by atoms with E-state index in [0.29, 0.717) is 18.5 Å². The molecular weight excluding hydrogens is 550 g/mol. The molecular formula is C33H41N3O7. The molecule has 6 rings (SSSR count). The third kappa shape index (κ3) is 5.29. The number of ether oxygens (including phenoxy) is 2. The van der Waals surface area contributed by atoms with E-state index in [9.17, 15) is 24.3 Å². The van der Waals surface area contributed by atoms with Crippen LogP contribution in [-0.4, -0.2) is 88.2 Å². The van der Waals surface area contributed by atoms with Crippen LogP contribution < -0.4 is 5.32 Å². The van der Waals surface area contributed by atoms with Crippen molar-refractivity contribution in [2.45, 2.75) is 87.8 Å². The Morgan fingerprint density at radius 1 is 1.05 bits per heavy atom. The predicted octanol–water partition coefficient (Wildman–Crippen LogP) is 2.43. The zero-order valence-electron chi connectivity index (χ0n) is 24.6. The Balaban J connectivity index is 1.46. The molecule has 7 atom stereocenters. The van der Waals surface area contributed by atoms with E-state index in [-0.39, 0.29) is 30.8 Å². The Bertz CT molecular complexity index is 1290. The highest BCUT2D eigenvalue weighted by Gasteiger charge is 2.72. The molecule has 1 aliphatic carbocycles. The van der Waals surface area contributed by atoms with Crippen LogP contribution in [0.1, 0.15) is 63.5 Å². The van der Waals surface area contributed by atoms with Gasteiger partial charge >= 0.3 is 5.97 Å². The monoisotopic (exact) mass is 591 g/mol. The van der Waals surface area contributed by atoms with Crippen LogP contribution in [0, 0.1) is 11.8 Å². The number of amides is 3. The molecule has 2 N–H and O–H groups in total. The van der Waals surface area contributed by atoms with Crippen LogP contribution >= 0.6 is 0 Å². The third-order valence-electron chi connectivity index (χ3n) is 9.71. The van der Waals surface area contributed by atoms with E-state index >= 15 is 0 Å². The fourth-order valence-corrected chi connectivity index (χ4v) is 7.71. The van der Waals surface area contributed by atoms with E-state index in [1.165, 1.54) is 4.90 Å². The molecule has 2 saturated heterocycles. The van der Waals surface area contributed by atoms with Crippen molar-refractivity contribution >= 4 is 23.7 Å². The van der Waals surface area contributed by atoms with Crippen molar-refractivity contribution in [3.05, 3.63) is 60.2 Å². The zero-order chi connectivity index (χ0) is 30.1. The van der Waals surface area contributed by atoms with Crippen LogP contribution in [0.5, 0.6) is 0 Å². The molecule has 5 aliphatic rings. The summed E-state index contributed by atoms with van der Waals surface area (Å²) in [7, 11) is 0. The first-order valence-corrected chi connectivity index (χ1v) is 15.6. The van der Waals surface area contributed by atoms with Crippen molar-refractivity contribution in [1.29, 1.82) is 0 Å². The number of rotatable bonds is 4. The summed E-state index contributed by atoms with van der Waals surface area (Å²) in [5.41, 5.74) is -0.739. The van der Waals surface area contributed by atoms with Crippen molar-refractivity contribution < 1.29 is 33.8 Å². The Labute approximate surface area is 252 Å². The summed E-state index contributed by atoms with van der Waals surface area (Å²) >= 11 is 0. The van der Waals surface area contributed by atoms with Crippen molar-refractivity contribution in [2.75, 3.05) is 19.7 Å². The fraction of sp³-hybridized carbons (Fsp3) is 0.576. The summed E-state index contributed by atoms with van der Waals surface area (Å²) in [5, 5.41) is 13.5. The number of aliphatic hydroxyl groups is 1. The average molecular weight is 592 g/mol. The lowest BCUT2D eigenvalue weighted by molar-refractivity contribution is -0.160. The maximum Gasteiger partial charge on any atom is 0.313 e. The van der Waals surface area contributed by atoms with Gasteiger partial charge in [0, 0.05) is 19.0 Å². The average Bonchev–Trinajstić information content (AvgIpc) is 3.40. The number of hydrogen-bond donors (Lipinski definition) is 2. The molecule has 1 aromatic rings. The molecule has 3 fully saturated rings. The molecule has 43 heavy (non-hydrogen) atoms. The summed E-state index contributed by atoms with van der Waals surface area (Å²) in [6.45, 7) is 1.83. The van der Waals surface area contributed by atoms with Crippen LogP contribution in [0.4, 0.5) is 0 Å². The number of nitrogens with one attached hydrogen (secondary N) is 1. The molecule has 3 amide bonds. The minimum absolute atomic E-state index is 0.0479. The standard InChI is InChI=1S/C33H41N3O7/c1-21-19-34-26(38)16-9-8-15-25-27(32(41)42-21)28-30(39)36(24(20-37)22-11-4-2-5-12-22)29-31(40)35(23-13-6-3-7-14-23)18-10-17-33(28,29)43-25/h2,4-5,8,10-12,15,17,21,23-25,27-29,37H,3,6-7,9,13-14,16,18-20H2,1H3,(H,34,38)/b15-8-/t21-,24-,25-,27+,28+,29-,33+/m1/s1. The number of benzene rings is 1. The van der Waals surface area contributed by atoms with Crippen molar-refractivity contribution in [2.24, 2.45) is 11.8 Å².